The summed E-state index contributed by atoms with van der Waals surface area (Å²) in [5.74, 6) is -3.14. The van der Waals surface area contributed by atoms with Gasteiger partial charge in [0.05, 0.1) is 52.3 Å². The quantitative estimate of drug-likeness (QED) is 0.0386. The Morgan fingerprint density at radius 1 is 0.652 bits per heavy atom. The Labute approximate surface area is 391 Å². The van der Waals surface area contributed by atoms with Crippen LogP contribution in [0, 0.1) is 0 Å². The molecule has 7 rings (SSSR count). The maximum Gasteiger partial charge on any atom is 0.402 e. The van der Waals surface area contributed by atoms with Gasteiger partial charge in [0, 0.05) is 30.3 Å². The zero-order valence-electron chi connectivity index (χ0n) is 37.1. The first kappa shape index (κ1) is 51.0. The summed E-state index contributed by atoms with van der Waals surface area (Å²) in [6.45, 7) is -0.0718. The number of hydrogen-bond donors (Lipinski definition) is 12. The number of esters is 1. The van der Waals surface area contributed by atoms with E-state index in [0.717, 1.165) is 18.2 Å². The summed E-state index contributed by atoms with van der Waals surface area (Å²) < 4.78 is 62.8. The largest absolute Gasteiger partial charge is 0.507 e. The van der Waals surface area contributed by atoms with Crippen molar-refractivity contribution in [3.8, 4) is 57.3 Å². The van der Waals surface area contributed by atoms with Gasteiger partial charge in [-0.1, -0.05) is 6.07 Å². The molecule has 69 heavy (non-hydrogen) atoms. The fraction of sp³-hybridized carbons (Fsp3) is 0.467. The molecule has 0 spiro atoms. The summed E-state index contributed by atoms with van der Waals surface area (Å²) in [6, 6.07) is 10.3. The molecule has 24 heteroatoms. The third kappa shape index (κ3) is 10.7. The van der Waals surface area contributed by atoms with E-state index >= 15 is 0 Å². The summed E-state index contributed by atoms with van der Waals surface area (Å²) in [5.41, 5.74) is 0.306. The highest BCUT2D eigenvalue weighted by Gasteiger charge is 2.51. The van der Waals surface area contributed by atoms with Gasteiger partial charge in [0.25, 0.3) is 0 Å². The first-order valence-corrected chi connectivity index (χ1v) is 21.2. The molecule has 0 aliphatic carbocycles. The molecule has 24 nitrogen and oxygen atoms in total. The van der Waals surface area contributed by atoms with Crippen LogP contribution in [0.5, 0.6) is 46.0 Å². The molecular weight excluding hydrogens is 924 g/mol. The Balaban J connectivity index is 1.29. The van der Waals surface area contributed by atoms with Crippen molar-refractivity contribution in [2.75, 3.05) is 34.5 Å². The number of hydrogen-bond acceptors (Lipinski definition) is 23. The number of aromatic hydroxyl groups is 3. The third-order valence-electron chi connectivity index (χ3n) is 11.6. The van der Waals surface area contributed by atoms with Crippen molar-refractivity contribution in [2.24, 2.45) is 0 Å². The Morgan fingerprint density at radius 3 is 1.94 bits per heavy atom. The Bertz CT molecular complexity index is 2440. The maximum atomic E-state index is 13.4. The first-order chi connectivity index (χ1) is 32.9. The van der Waals surface area contributed by atoms with Crippen molar-refractivity contribution in [1.29, 1.82) is 0 Å². The monoisotopic (exact) mass is 977 g/mol. The van der Waals surface area contributed by atoms with Gasteiger partial charge in [0.2, 0.25) is 24.1 Å². The second-order valence-corrected chi connectivity index (χ2v) is 16.2. The second kappa shape index (κ2) is 21.4. The minimum atomic E-state index is -2.06. The highest BCUT2D eigenvalue weighted by molar-refractivity contribution is 5.89. The molecule has 0 unspecified atom stereocenters. The van der Waals surface area contributed by atoms with E-state index in [1.54, 1.807) is 0 Å². The van der Waals surface area contributed by atoms with Crippen LogP contribution in [0.1, 0.15) is 12.5 Å². The van der Waals surface area contributed by atoms with Gasteiger partial charge >= 0.3 is 17.3 Å². The number of carbonyl (C=O) groups excluding carboxylic acids is 1. The molecule has 4 heterocycles. The van der Waals surface area contributed by atoms with Crippen LogP contribution in [0.4, 0.5) is 0 Å². The number of aliphatic hydroxyl groups is 9. The lowest BCUT2D eigenvalue weighted by Gasteiger charge is -2.43. The summed E-state index contributed by atoms with van der Waals surface area (Å²) in [4.78, 5) is 13.4. The van der Waals surface area contributed by atoms with Crippen LogP contribution in [0.15, 0.2) is 59.0 Å². The van der Waals surface area contributed by atoms with Crippen molar-refractivity contribution < 1.29 is 118 Å². The van der Waals surface area contributed by atoms with Gasteiger partial charge in [-0.2, -0.15) is 0 Å². The van der Waals surface area contributed by atoms with Gasteiger partial charge in [-0.15, -0.1) is 0 Å². The van der Waals surface area contributed by atoms with Crippen LogP contribution in [0.25, 0.3) is 28.4 Å². The highest BCUT2D eigenvalue weighted by atomic mass is 16.7. The SMILES string of the molecule is COc1cc(C=CC(=O)O[C@@H]2[C@@H](O)[C@H](Oc3cc4c(O[C@@H]5O[C@H](CO)[C@@H](O)[C@H](O)[C@H]5O)cc(O)cc4[o+]c3-c3cc(OC)c(O)c(OC)c3)O[C@H](CO[C@@H]3O[C@@H](C)[C@H](O)[C@@H](O)[C@H]3O)[C@H]2O)ccc1O. The minimum Gasteiger partial charge on any atom is -0.507 e. The van der Waals surface area contributed by atoms with Crippen LogP contribution in [-0.2, 0) is 28.5 Å². The number of fused-ring (bicyclic) bond motifs is 1. The van der Waals surface area contributed by atoms with E-state index in [9.17, 15) is 66.1 Å². The average molecular weight is 978 g/mol. The normalized spacial score (nSPS) is 31.6. The number of phenols is 3. The van der Waals surface area contributed by atoms with Gasteiger partial charge in [0.15, 0.2) is 41.5 Å². The Kier molecular flexibility index (Phi) is 15.8. The molecule has 3 aliphatic rings. The molecule has 0 bridgehead atoms. The average Bonchev–Trinajstić information content (AvgIpc) is 3.33. The lowest BCUT2D eigenvalue weighted by molar-refractivity contribution is -0.319. The van der Waals surface area contributed by atoms with Gasteiger partial charge in [-0.05, 0) is 30.7 Å². The van der Waals surface area contributed by atoms with Crippen molar-refractivity contribution >= 4 is 23.0 Å². The number of methoxy groups -OCH3 is 3. The molecule has 3 fully saturated rings. The van der Waals surface area contributed by atoms with Crippen LogP contribution in [0.2, 0.25) is 0 Å². The van der Waals surface area contributed by atoms with Gasteiger partial charge in [-0.25, -0.2) is 9.21 Å². The van der Waals surface area contributed by atoms with Gasteiger partial charge in [-0.3, -0.25) is 0 Å². The number of aliphatic hydroxyl groups excluding tert-OH is 9. The van der Waals surface area contributed by atoms with E-state index in [1.165, 1.54) is 70.7 Å². The van der Waals surface area contributed by atoms with E-state index in [4.69, 9.17) is 51.8 Å². The fourth-order valence-corrected chi connectivity index (χ4v) is 7.75. The molecular formula is C45H53O24+. The standard InChI is InChI=1S/C45H52O24/c1-17-32(50)36(54)38(56)43(63-17)62-16-30-35(53)42(69-31(49)8-6-18-5-7-22(48)25(9-18)59-2)40(58)45(68-30)66-28-14-21-23(64-41(28)19-10-26(60-3)33(51)27(11-19)61-4)12-20(47)13-24(21)65-44-39(57)37(55)34(52)29(15-46)67-44/h5-14,17,29-30,32,34-40,42-46,50,52-58H,15-16H2,1-4H3,(H2-,47,48,49,51)/p+1/t17-,29+,30+,32-,34+,35+,36+,37-,38+,39+,40+,42-,43+,44+,45+/m0/s1. The maximum absolute atomic E-state index is 13.4. The van der Waals surface area contributed by atoms with E-state index in [-0.39, 0.29) is 56.8 Å². The lowest BCUT2D eigenvalue weighted by atomic mass is 9.98. The third-order valence-corrected chi connectivity index (χ3v) is 11.6. The van der Waals surface area contributed by atoms with E-state index in [2.05, 4.69) is 0 Å². The van der Waals surface area contributed by atoms with Crippen molar-refractivity contribution in [1.82, 2.24) is 0 Å². The van der Waals surface area contributed by atoms with E-state index in [0.29, 0.717) is 5.56 Å². The first-order valence-electron chi connectivity index (χ1n) is 21.2. The topological polar surface area (TPSA) is 363 Å². The smallest absolute Gasteiger partial charge is 0.402 e. The summed E-state index contributed by atoms with van der Waals surface area (Å²) in [7, 11) is 3.84. The molecule has 12 N–H and O–H groups in total. The molecule has 0 radical (unpaired) electrons. The van der Waals surface area contributed by atoms with Crippen molar-refractivity contribution in [2.45, 2.75) is 99.0 Å². The van der Waals surface area contributed by atoms with Crippen LogP contribution < -0.4 is 23.7 Å². The molecule has 4 aromatic rings. The summed E-state index contributed by atoms with van der Waals surface area (Å²) >= 11 is 0. The van der Waals surface area contributed by atoms with Crippen LogP contribution in [-0.4, -0.2) is 194 Å². The lowest BCUT2D eigenvalue weighted by Crippen LogP contribution is -2.62. The number of phenolic OH excluding ortho intramolecular Hbond substituents is 3. The molecule has 1 aromatic heterocycles. The molecule has 0 amide bonds. The number of rotatable bonds is 15. The summed E-state index contributed by atoms with van der Waals surface area (Å²) in [5, 5.41) is 128. The second-order valence-electron chi connectivity index (χ2n) is 16.2. The fourth-order valence-electron chi connectivity index (χ4n) is 7.75. The van der Waals surface area contributed by atoms with Crippen LogP contribution in [0.3, 0.4) is 0 Å². The number of benzene rings is 3. The molecule has 0 saturated carbocycles. The van der Waals surface area contributed by atoms with Crippen molar-refractivity contribution in [3.63, 3.8) is 0 Å². The van der Waals surface area contributed by atoms with Crippen molar-refractivity contribution in [3.05, 3.63) is 60.2 Å². The molecule has 3 saturated heterocycles. The number of carbonyl (C=O) groups is 1. The highest BCUT2D eigenvalue weighted by Crippen LogP contribution is 2.46. The summed E-state index contributed by atoms with van der Waals surface area (Å²) in [6.07, 6.45) is -23.4. The van der Waals surface area contributed by atoms with Crippen LogP contribution >= 0.6 is 0 Å². The molecule has 3 aliphatic heterocycles. The predicted octanol–water partition coefficient (Wildman–Crippen LogP) is -1.00. The Morgan fingerprint density at radius 2 is 1.28 bits per heavy atom. The Hall–Kier alpha value is -5.84. The molecule has 15 atom stereocenters. The minimum absolute atomic E-state index is 0.0521. The zero-order valence-corrected chi connectivity index (χ0v) is 37.1. The number of ether oxygens (including phenoxy) is 10. The van der Waals surface area contributed by atoms with E-state index in [1.807, 2.05) is 0 Å². The zero-order chi connectivity index (χ0) is 50.0. The van der Waals surface area contributed by atoms with Gasteiger partial charge in [0.1, 0.15) is 71.8 Å². The predicted molar refractivity (Wildman–Crippen MR) is 230 cm³/mol. The molecule has 3 aromatic carbocycles. The van der Waals surface area contributed by atoms with Gasteiger partial charge < -0.3 is 109 Å². The van der Waals surface area contributed by atoms with E-state index < -0.39 is 123 Å². The molecule has 376 valence electrons.